The van der Waals surface area contributed by atoms with Crippen LogP contribution >= 0.6 is 0 Å². The Bertz CT molecular complexity index is 1590. The molecule has 1 saturated carbocycles. The van der Waals surface area contributed by atoms with Crippen molar-refractivity contribution in [2.24, 2.45) is 0 Å². The molecular weight excluding hydrogens is 527 g/mol. The smallest absolute Gasteiger partial charge is 0.417 e. The van der Waals surface area contributed by atoms with Crippen LogP contribution in [0.3, 0.4) is 0 Å². The molecule has 0 unspecified atom stereocenters. The van der Waals surface area contributed by atoms with Crippen molar-refractivity contribution in [3.63, 3.8) is 0 Å². The molecule has 0 radical (unpaired) electrons. The number of hydrogen-bond acceptors (Lipinski definition) is 9. The van der Waals surface area contributed by atoms with Crippen LogP contribution in [-0.2, 0) is 16.0 Å². The molecule has 210 valence electrons. The number of benzene rings is 1. The molecule has 1 spiro atoms. The second kappa shape index (κ2) is 9.82. The van der Waals surface area contributed by atoms with Gasteiger partial charge < -0.3 is 19.7 Å². The number of amides is 2. The Morgan fingerprint density at radius 2 is 2.02 bits per heavy atom. The van der Waals surface area contributed by atoms with E-state index in [1.54, 1.807) is 27.0 Å². The van der Waals surface area contributed by atoms with Gasteiger partial charge in [-0.25, -0.2) is 24.1 Å². The Balaban J connectivity index is 1.36. The molecule has 41 heavy (non-hydrogen) atoms. The van der Waals surface area contributed by atoms with E-state index in [0.29, 0.717) is 18.0 Å². The number of carbonyl (C=O) groups is 2. The molecule has 2 aliphatic heterocycles. The number of nitrogens with zero attached hydrogens (tertiary/aromatic N) is 5. The minimum atomic E-state index is -0.812. The highest BCUT2D eigenvalue weighted by Gasteiger charge is 2.47. The quantitative estimate of drug-likeness (QED) is 0.465. The summed E-state index contributed by atoms with van der Waals surface area (Å²) in [5.41, 5.74) is 0.746. The largest absolute Gasteiger partial charge is 0.443 e. The first kappa shape index (κ1) is 26.7. The lowest BCUT2D eigenvalue weighted by atomic mass is 10.0. The lowest BCUT2D eigenvalue weighted by Crippen LogP contribution is -2.44. The number of anilines is 3. The van der Waals surface area contributed by atoms with Crippen molar-refractivity contribution >= 4 is 29.2 Å². The molecule has 11 heteroatoms. The molecule has 2 fully saturated rings. The standard InChI is InChI=1S/C30H29FN6O4/c1-29(2,3)41-28(39)37-16-23-26(27(37)38)22(13-21(35-23)25-18(14-32)5-4-6-20(25)31)34-19-7-8-24(33-15-19)36-11-12-40-30(17-36)9-10-30/h4-8,13,15H,9-12,16-17H2,1-3H3,(H,34,35). The van der Waals surface area contributed by atoms with Crippen LogP contribution in [0.1, 0.15) is 55.2 Å². The molecule has 2 aromatic heterocycles. The Hall–Kier alpha value is -4.56. The fourth-order valence-electron chi connectivity index (χ4n) is 5.16. The van der Waals surface area contributed by atoms with Crippen molar-refractivity contribution in [1.29, 1.82) is 5.26 Å². The predicted molar refractivity (Wildman–Crippen MR) is 148 cm³/mol. The summed E-state index contributed by atoms with van der Waals surface area (Å²) >= 11 is 0. The summed E-state index contributed by atoms with van der Waals surface area (Å²) in [5, 5.41) is 12.9. The van der Waals surface area contributed by atoms with Crippen LogP contribution in [0.5, 0.6) is 0 Å². The fraction of sp³-hybridized carbons (Fsp3) is 0.367. The molecule has 6 rings (SSSR count). The third-order valence-electron chi connectivity index (χ3n) is 7.27. The number of nitriles is 1. The normalized spacial score (nSPS) is 17.3. The Morgan fingerprint density at radius 1 is 1.22 bits per heavy atom. The van der Waals surface area contributed by atoms with Crippen LogP contribution in [0.25, 0.3) is 11.3 Å². The van der Waals surface area contributed by atoms with Crippen LogP contribution in [0.15, 0.2) is 42.6 Å². The zero-order chi connectivity index (χ0) is 28.9. The summed E-state index contributed by atoms with van der Waals surface area (Å²) in [4.78, 5) is 38.7. The molecule has 0 atom stereocenters. The Morgan fingerprint density at radius 3 is 2.71 bits per heavy atom. The van der Waals surface area contributed by atoms with E-state index in [9.17, 15) is 19.2 Å². The van der Waals surface area contributed by atoms with Crippen LogP contribution in [0.2, 0.25) is 0 Å². The zero-order valence-electron chi connectivity index (χ0n) is 23.0. The molecule has 0 bridgehead atoms. The van der Waals surface area contributed by atoms with E-state index < -0.39 is 23.4 Å². The summed E-state index contributed by atoms with van der Waals surface area (Å²) in [6, 6.07) is 11.5. The van der Waals surface area contributed by atoms with Gasteiger partial charge in [-0.3, -0.25) is 4.79 Å². The van der Waals surface area contributed by atoms with E-state index in [0.717, 1.165) is 36.6 Å². The van der Waals surface area contributed by atoms with Crippen molar-refractivity contribution in [2.45, 2.75) is 51.4 Å². The molecule has 3 aliphatic rings. The number of ether oxygens (including phenoxy) is 2. The van der Waals surface area contributed by atoms with Crippen LogP contribution in [-0.4, -0.2) is 57.8 Å². The number of rotatable bonds is 4. The molecule has 4 heterocycles. The lowest BCUT2D eigenvalue weighted by Gasteiger charge is -2.34. The maximum Gasteiger partial charge on any atom is 0.417 e. The van der Waals surface area contributed by atoms with Crippen molar-refractivity contribution in [2.75, 3.05) is 29.9 Å². The summed E-state index contributed by atoms with van der Waals surface area (Å²) < 4.78 is 26.3. The number of morpholine rings is 1. The van der Waals surface area contributed by atoms with E-state index in [4.69, 9.17) is 9.47 Å². The topological polar surface area (TPSA) is 121 Å². The van der Waals surface area contributed by atoms with Gasteiger partial charge in [-0.15, -0.1) is 0 Å². The number of hydrogen-bond donors (Lipinski definition) is 1. The van der Waals surface area contributed by atoms with Gasteiger partial charge in [0.1, 0.15) is 17.2 Å². The average Bonchev–Trinajstić information content (AvgIpc) is 3.58. The van der Waals surface area contributed by atoms with Gasteiger partial charge in [-0.1, -0.05) is 6.07 Å². The number of carbonyl (C=O) groups excluding carboxylic acids is 2. The lowest BCUT2D eigenvalue weighted by molar-refractivity contribution is 0.0203. The van der Waals surface area contributed by atoms with E-state index in [2.05, 4.69) is 20.2 Å². The maximum absolute atomic E-state index is 15.0. The first-order valence-electron chi connectivity index (χ1n) is 13.5. The van der Waals surface area contributed by atoms with Gasteiger partial charge in [0.05, 0.1) is 70.5 Å². The first-order valence-corrected chi connectivity index (χ1v) is 13.5. The molecule has 1 aliphatic carbocycles. The highest BCUT2D eigenvalue weighted by Crippen LogP contribution is 2.43. The second-order valence-electron chi connectivity index (χ2n) is 11.5. The van der Waals surface area contributed by atoms with Gasteiger partial charge in [0, 0.05) is 13.1 Å². The molecule has 3 aromatic rings. The van der Waals surface area contributed by atoms with Gasteiger partial charge in [-0.2, -0.15) is 5.26 Å². The van der Waals surface area contributed by atoms with Gasteiger partial charge in [0.25, 0.3) is 5.91 Å². The van der Waals surface area contributed by atoms with Crippen LogP contribution in [0, 0.1) is 17.1 Å². The SMILES string of the molecule is CC(C)(C)OC(=O)N1Cc2nc(-c3c(F)cccc3C#N)cc(Nc3ccc(N4CCOC5(CC5)C4)nc3)c2C1=O. The van der Waals surface area contributed by atoms with E-state index in [1.165, 1.54) is 24.3 Å². The van der Waals surface area contributed by atoms with Crippen LogP contribution < -0.4 is 10.2 Å². The molecule has 10 nitrogen and oxygen atoms in total. The second-order valence-corrected chi connectivity index (χ2v) is 11.5. The Kier molecular flexibility index (Phi) is 6.38. The van der Waals surface area contributed by atoms with Crippen LogP contribution in [0.4, 0.5) is 26.4 Å². The Labute approximate surface area is 236 Å². The van der Waals surface area contributed by atoms with Gasteiger partial charge in [0.15, 0.2) is 0 Å². The molecular formula is C30H29FN6O4. The van der Waals surface area contributed by atoms with Crippen molar-refractivity contribution in [3.05, 3.63) is 65.2 Å². The van der Waals surface area contributed by atoms with E-state index in [-0.39, 0.29) is 40.2 Å². The first-order chi connectivity index (χ1) is 19.6. The predicted octanol–water partition coefficient (Wildman–Crippen LogP) is 5.16. The minimum Gasteiger partial charge on any atom is -0.443 e. The van der Waals surface area contributed by atoms with Crippen molar-refractivity contribution in [1.82, 2.24) is 14.9 Å². The number of imide groups is 1. The molecule has 1 N–H and O–H groups in total. The number of pyridine rings is 2. The number of fused-ring (bicyclic) bond motifs is 1. The summed E-state index contributed by atoms with van der Waals surface area (Å²) in [5.74, 6) is -0.388. The summed E-state index contributed by atoms with van der Waals surface area (Å²) in [7, 11) is 0. The fourth-order valence-corrected chi connectivity index (χ4v) is 5.16. The number of halogens is 1. The molecule has 1 saturated heterocycles. The highest BCUT2D eigenvalue weighted by molar-refractivity contribution is 6.10. The third-order valence-corrected chi connectivity index (χ3v) is 7.27. The minimum absolute atomic E-state index is 0.0128. The van der Waals surface area contributed by atoms with E-state index in [1.807, 2.05) is 18.2 Å². The highest BCUT2D eigenvalue weighted by atomic mass is 19.1. The third kappa shape index (κ3) is 5.18. The number of aromatic nitrogens is 2. The summed E-state index contributed by atoms with van der Waals surface area (Å²) in [6.07, 6.45) is 2.97. The monoisotopic (exact) mass is 556 g/mol. The van der Waals surface area contributed by atoms with Gasteiger partial charge in [0.2, 0.25) is 0 Å². The van der Waals surface area contributed by atoms with Crippen molar-refractivity contribution in [3.8, 4) is 17.3 Å². The molecule has 2 amide bonds. The molecule has 1 aromatic carbocycles. The van der Waals surface area contributed by atoms with E-state index >= 15 is 0 Å². The summed E-state index contributed by atoms with van der Waals surface area (Å²) in [6.45, 7) is 7.18. The van der Waals surface area contributed by atoms with Gasteiger partial charge >= 0.3 is 6.09 Å². The maximum atomic E-state index is 15.0. The average molecular weight is 557 g/mol. The van der Waals surface area contributed by atoms with Gasteiger partial charge in [-0.05, 0) is 63.9 Å². The number of nitrogens with one attached hydrogen (secondary N) is 1. The zero-order valence-corrected chi connectivity index (χ0v) is 23.0. The van der Waals surface area contributed by atoms with Crippen molar-refractivity contribution < 1.29 is 23.5 Å².